The van der Waals surface area contributed by atoms with Crippen molar-refractivity contribution in [3.63, 3.8) is 0 Å². The van der Waals surface area contributed by atoms with Crippen LogP contribution in [0.15, 0.2) is 24.3 Å². The molecule has 1 aromatic rings. The van der Waals surface area contributed by atoms with Gasteiger partial charge < -0.3 is 10.1 Å². The molecule has 2 aliphatic rings. The molecule has 19 heavy (non-hydrogen) atoms. The largest absolute Gasteiger partial charge is 0.491 e. The highest BCUT2D eigenvalue weighted by molar-refractivity contribution is 5.39. The Bertz CT molecular complexity index is 421. The van der Waals surface area contributed by atoms with Crippen LogP contribution in [0.25, 0.3) is 0 Å². The Balaban J connectivity index is 1.57. The Kier molecular flexibility index (Phi) is 4.04. The van der Waals surface area contributed by atoms with Crippen LogP contribution in [0.5, 0.6) is 5.75 Å². The van der Waals surface area contributed by atoms with E-state index in [-0.39, 0.29) is 0 Å². The molecule has 0 aliphatic carbocycles. The normalized spacial score (nSPS) is 26.4. The zero-order valence-electron chi connectivity index (χ0n) is 11.8. The minimum absolute atomic E-state index is 0.479. The highest BCUT2D eigenvalue weighted by Gasteiger charge is 2.33. The Morgan fingerprint density at radius 1 is 1.37 bits per heavy atom. The van der Waals surface area contributed by atoms with Gasteiger partial charge in [-0.1, -0.05) is 25.1 Å². The van der Waals surface area contributed by atoms with Gasteiger partial charge in [0.25, 0.3) is 0 Å². The van der Waals surface area contributed by atoms with Crippen LogP contribution in [0.2, 0.25) is 0 Å². The number of fused-ring (bicyclic) bond motifs is 1. The summed E-state index contributed by atoms with van der Waals surface area (Å²) in [7, 11) is 0. The maximum absolute atomic E-state index is 5.80. The number of likely N-dealkylation sites (tertiary alicyclic amines) is 1. The summed E-state index contributed by atoms with van der Waals surface area (Å²) in [6, 6.07) is 8.97. The van der Waals surface area contributed by atoms with Crippen molar-refractivity contribution in [2.24, 2.45) is 5.92 Å². The molecule has 3 rings (SSSR count). The van der Waals surface area contributed by atoms with Crippen LogP contribution < -0.4 is 10.1 Å². The highest BCUT2D eigenvalue weighted by atomic mass is 16.5. The van der Waals surface area contributed by atoms with E-state index in [4.69, 9.17) is 4.74 Å². The third-order valence-corrected chi connectivity index (χ3v) is 4.29. The average Bonchev–Trinajstić information content (AvgIpc) is 3.05. The van der Waals surface area contributed by atoms with Crippen molar-refractivity contribution in [3.8, 4) is 5.75 Å². The monoisotopic (exact) mass is 260 g/mol. The van der Waals surface area contributed by atoms with E-state index in [1.54, 1.807) is 0 Å². The quantitative estimate of drug-likeness (QED) is 0.823. The molecule has 2 aliphatic heterocycles. The second-order valence-electron chi connectivity index (χ2n) is 5.72. The fourth-order valence-corrected chi connectivity index (χ4v) is 3.24. The molecule has 2 atom stereocenters. The highest BCUT2D eigenvalue weighted by Crippen LogP contribution is 2.37. The molecule has 2 unspecified atom stereocenters. The van der Waals surface area contributed by atoms with Crippen molar-refractivity contribution in [2.45, 2.75) is 25.8 Å². The molecule has 3 nitrogen and oxygen atoms in total. The standard InChI is InChI=1S/C16H24N2O/c1-2-8-17-10-13-7-9-18(11-13)15-12-19-16-6-4-3-5-14(15)16/h3-6,13,15,17H,2,7-12H2,1H3. The first-order valence-corrected chi connectivity index (χ1v) is 7.55. The topological polar surface area (TPSA) is 24.5 Å². The number of ether oxygens (including phenoxy) is 1. The zero-order chi connectivity index (χ0) is 13.1. The Morgan fingerprint density at radius 3 is 3.16 bits per heavy atom. The van der Waals surface area contributed by atoms with Gasteiger partial charge in [-0.15, -0.1) is 0 Å². The molecule has 2 heterocycles. The minimum atomic E-state index is 0.479. The summed E-state index contributed by atoms with van der Waals surface area (Å²) in [5.74, 6) is 1.89. The minimum Gasteiger partial charge on any atom is -0.491 e. The molecule has 0 radical (unpaired) electrons. The van der Waals surface area contributed by atoms with Crippen molar-refractivity contribution in [1.29, 1.82) is 0 Å². The molecular formula is C16H24N2O. The van der Waals surface area contributed by atoms with Gasteiger partial charge in [-0.05, 0) is 44.5 Å². The van der Waals surface area contributed by atoms with Crippen LogP contribution in [0.4, 0.5) is 0 Å². The Morgan fingerprint density at radius 2 is 2.26 bits per heavy atom. The summed E-state index contributed by atoms with van der Waals surface area (Å²) in [6.07, 6.45) is 2.54. The summed E-state index contributed by atoms with van der Waals surface area (Å²) in [5, 5.41) is 3.55. The number of nitrogens with one attached hydrogen (secondary N) is 1. The Labute approximate surface area is 115 Å². The summed E-state index contributed by atoms with van der Waals surface area (Å²) in [6.45, 7) is 7.78. The van der Waals surface area contributed by atoms with Gasteiger partial charge in [0.05, 0.1) is 6.04 Å². The van der Waals surface area contributed by atoms with E-state index in [2.05, 4.69) is 41.4 Å². The van der Waals surface area contributed by atoms with Gasteiger partial charge in [0, 0.05) is 12.1 Å². The molecule has 1 aromatic carbocycles. The molecule has 0 bridgehead atoms. The van der Waals surface area contributed by atoms with Gasteiger partial charge in [0.15, 0.2) is 0 Å². The van der Waals surface area contributed by atoms with Gasteiger partial charge in [0.2, 0.25) is 0 Å². The lowest BCUT2D eigenvalue weighted by molar-refractivity contribution is 0.189. The van der Waals surface area contributed by atoms with E-state index >= 15 is 0 Å². The number of hydrogen-bond acceptors (Lipinski definition) is 3. The van der Waals surface area contributed by atoms with Gasteiger partial charge in [0.1, 0.15) is 12.4 Å². The maximum Gasteiger partial charge on any atom is 0.124 e. The van der Waals surface area contributed by atoms with Gasteiger partial charge in [-0.2, -0.15) is 0 Å². The third kappa shape index (κ3) is 2.77. The number of nitrogens with zero attached hydrogens (tertiary/aromatic N) is 1. The second kappa shape index (κ2) is 5.93. The summed E-state index contributed by atoms with van der Waals surface area (Å²) >= 11 is 0. The van der Waals surface area contributed by atoms with Crippen molar-refractivity contribution in [1.82, 2.24) is 10.2 Å². The molecule has 0 aromatic heterocycles. The molecule has 3 heteroatoms. The SMILES string of the molecule is CCCNCC1CCN(C2COc3ccccc32)C1. The summed E-state index contributed by atoms with van der Waals surface area (Å²) in [4.78, 5) is 2.60. The van der Waals surface area contributed by atoms with E-state index in [0.717, 1.165) is 24.8 Å². The van der Waals surface area contributed by atoms with Gasteiger partial charge >= 0.3 is 0 Å². The maximum atomic E-state index is 5.80. The first kappa shape index (κ1) is 12.9. The van der Waals surface area contributed by atoms with Gasteiger partial charge in [-0.3, -0.25) is 4.90 Å². The summed E-state index contributed by atoms with van der Waals surface area (Å²) in [5.41, 5.74) is 1.38. The fraction of sp³-hybridized carbons (Fsp3) is 0.625. The molecule has 0 spiro atoms. The van der Waals surface area contributed by atoms with E-state index in [1.165, 1.54) is 38.0 Å². The van der Waals surface area contributed by atoms with Crippen LogP contribution in [-0.4, -0.2) is 37.7 Å². The van der Waals surface area contributed by atoms with E-state index < -0.39 is 0 Å². The average molecular weight is 260 g/mol. The van der Waals surface area contributed by atoms with Crippen LogP contribution in [0.1, 0.15) is 31.4 Å². The van der Waals surface area contributed by atoms with E-state index in [0.29, 0.717) is 6.04 Å². The van der Waals surface area contributed by atoms with Crippen LogP contribution in [0, 0.1) is 5.92 Å². The Hall–Kier alpha value is -1.06. The third-order valence-electron chi connectivity index (χ3n) is 4.29. The molecule has 1 saturated heterocycles. The first-order chi connectivity index (χ1) is 9.38. The molecule has 0 saturated carbocycles. The molecule has 1 fully saturated rings. The van der Waals surface area contributed by atoms with Crippen molar-refractivity contribution in [3.05, 3.63) is 29.8 Å². The lowest BCUT2D eigenvalue weighted by atomic mass is 10.1. The molecular weight excluding hydrogens is 236 g/mol. The van der Waals surface area contributed by atoms with Gasteiger partial charge in [-0.25, -0.2) is 0 Å². The number of rotatable bonds is 5. The smallest absolute Gasteiger partial charge is 0.124 e. The zero-order valence-corrected chi connectivity index (χ0v) is 11.8. The lowest BCUT2D eigenvalue weighted by Gasteiger charge is -2.23. The number of benzene rings is 1. The number of hydrogen-bond donors (Lipinski definition) is 1. The molecule has 1 N–H and O–H groups in total. The van der Waals surface area contributed by atoms with Crippen molar-refractivity contribution >= 4 is 0 Å². The molecule has 0 amide bonds. The fourth-order valence-electron chi connectivity index (χ4n) is 3.24. The van der Waals surface area contributed by atoms with Crippen molar-refractivity contribution < 1.29 is 4.74 Å². The van der Waals surface area contributed by atoms with Crippen LogP contribution in [-0.2, 0) is 0 Å². The molecule has 104 valence electrons. The van der Waals surface area contributed by atoms with Crippen molar-refractivity contribution in [2.75, 3.05) is 32.8 Å². The first-order valence-electron chi connectivity index (χ1n) is 7.55. The van der Waals surface area contributed by atoms with E-state index in [9.17, 15) is 0 Å². The van der Waals surface area contributed by atoms with Crippen LogP contribution in [0.3, 0.4) is 0 Å². The summed E-state index contributed by atoms with van der Waals surface area (Å²) < 4.78 is 5.80. The predicted octanol–water partition coefficient (Wildman–Crippen LogP) is 2.44. The number of para-hydroxylation sites is 1. The van der Waals surface area contributed by atoms with Crippen LogP contribution >= 0.6 is 0 Å². The van der Waals surface area contributed by atoms with E-state index in [1.807, 2.05) is 0 Å². The predicted molar refractivity (Wildman–Crippen MR) is 77.5 cm³/mol. The lowest BCUT2D eigenvalue weighted by Crippen LogP contribution is -2.30. The second-order valence-corrected chi connectivity index (χ2v) is 5.72.